The molecule has 0 atom stereocenters. The zero-order valence-electron chi connectivity index (χ0n) is 10.2. The molecule has 2 aromatic heterocycles. The maximum atomic E-state index is 9.51. The van der Waals surface area contributed by atoms with E-state index in [-0.39, 0.29) is 5.75 Å². The van der Waals surface area contributed by atoms with Gasteiger partial charge < -0.3 is 9.84 Å². The number of morpholine rings is 1. The number of aromatic hydroxyl groups is 1. The van der Waals surface area contributed by atoms with Gasteiger partial charge in [0, 0.05) is 26.1 Å². The summed E-state index contributed by atoms with van der Waals surface area (Å²) in [6.45, 7) is 4.62. The Hall–Kier alpha value is -1.59. The third-order valence-corrected chi connectivity index (χ3v) is 3.34. The Labute approximate surface area is 106 Å². The average molecular weight is 247 g/mol. The maximum absolute atomic E-state index is 9.51. The summed E-state index contributed by atoms with van der Waals surface area (Å²) in [5, 5.41) is 9.51. The first-order valence-electron chi connectivity index (χ1n) is 6.28. The van der Waals surface area contributed by atoms with E-state index in [1.807, 2.05) is 16.7 Å². The van der Waals surface area contributed by atoms with E-state index < -0.39 is 0 Å². The third-order valence-electron chi connectivity index (χ3n) is 3.34. The lowest BCUT2D eigenvalue weighted by Crippen LogP contribution is -2.37. The first kappa shape index (κ1) is 11.5. The highest BCUT2D eigenvalue weighted by Gasteiger charge is 2.11. The topological polar surface area (TPSA) is 50.0 Å². The highest BCUT2D eigenvalue weighted by Crippen LogP contribution is 2.14. The van der Waals surface area contributed by atoms with Crippen LogP contribution < -0.4 is 0 Å². The fourth-order valence-corrected chi connectivity index (χ4v) is 2.30. The summed E-state index contributed by atoms with van der Waals surface area (Å²) < 4.78 is 7.28. The van der Waals surface area contributed by atoms with Gasteiger partial charge >= 0.3 is 0 Å². The molecule has 2 aromatic rings. The molecule has 3 heterocycles. The summed E-state index contributed by atoms with van der Waals surface area (Å²) >= 11 is 0. The fourth-order valence-electron chi connectivity index (χ4n) is 2.30. The number of ether oxygens (including phenoxy) is 1. The Balaban J connectivity index is 1.72. The Bertz CT molecular complexity index is 532. The van der Waals surface area contributed by atoms with Crippen molar-refractivity contribution >= 4 is 5.52 Å². The van der Waals surface area contributed by atoms with Crippen LogP contribution in [0.2, 0.25) is 0 Å². The minimum Gasteiger partial charge on any atom is -0.506 e. The predicted octanol–water partition coefficient (Wildman–Crippen LogP) is 0.915. The van der Waals surface area contributed by atoms with Crippen molar-refractivity contribution in [1.82, 2.24) is 14.3 Å². The highest BCUT2D eigenvalue weighted by atomic mass is 16.5. The van der Waals surface area contributed by atoms with Gasteiger partial charge in [0.2, 0.25) is 0 Å². The van der Waals surface area contributed by atoms with Crippen LogP contribution in [0.15, 0.2) is 24.5 Å². The molecule has 0 spiro atoms. The van der Waals surface area contributed by atoms with E-state index in [1.165, 1.54) is 0 Å². The molecule has 0 saturated carbocycles. The molecule has 1 aliphatic rings. The van der Waals surface area contributed by atoms with Crippen LogP contribution in [0.1, 0.15) is 5.82 Å². The van der Waals surface area contributed by atoms with E-state index in [2.05, 4.69) is 9.88 Å². The molecule has 0 radical (unpaired) electrons. The monoisotopic (exact) mass is 247 g/mol. The van der Waals surface area contributed by atoms with Gasteiger partial charge in [-0.1, -0.05) is 0 Å². The molecule has 0 bridgehead atoms. The largest absolute Gasteiger partial charge is 0.506 e. The number of hydrogen-bond donors (Lipinski definition) is 1. The Morgan fingerprint density at radius 1 is 1.28 bits per heavy atom. The molecule has 3 rings (SSSR count). The predicted molar refractivity (Wildman–Crippen MR) is 67.8 cm³/mol. The Morgan fingerprint density at radius 3 is 2.94 bits per heavy atom. The molecule has 0 aliphatic carbocycles. The zero-order valence-corrected chi connectivity index (χ0v) is 10.2. The lowest BCUT2D eigenvalue weighted by molar-refractivity contribution is 0.0382. The molecular weight excluding hydrogens is 230 g/mol. The lowest BCUT2D eigenvalue weighted by atomic mass is 10.3. The van der Waals surface area contributed by atoms with E-state index in [0.29, 0.717) is 0 Å². The third kappa shape index (κ3) is 2.32. The van der Waals surface area contributed by atoms with Gasteiger partial charge in [0.25, 0.3) is 0 Å². The van der Waals surface area contributed by atoms with E-state index in [4.69, 9.17) is 4.74 Å². The highest BCUT2D eigenvalue weighted by molar-refractivity contribution is 5.48. The molecule has 1 fully saturated rings. The number of hydrogen-bond acceptors (Lipinski definition) is 4. The van der Waals surface area contributed by atoms with E-state index in [9.17, 15) is 5.11 Å². The quantitative estimate of drug-likeness (QED) is 0.876. The maximum Gasteiger partial charge on any atom is 0.132 e. The number of nitrogens with zero attached hydrogens (tertiary/aromatic N) is 3. The normalized spacial score (nSPS) is 17.3. The van der Waals surface area contributed by atoms with E-state index >= 15 is 0 Å². The second-order valence-electron chi connectivity index (χ2n) is 4.56. The van der Waals surface area contributed by atoms with Crippen LogP contribution in [0.4, 0.5) is 0 Å². The number of fused-ring (bicyclic) bond motifs is 1. The van der Waals surface area contributed by atoms with Crippen molar-refractivity contribution in [3.05, 3.63) is 30.4 Å². The van der Waals surface area contributed by atoms with Crippen molar-refractivity contribution in [3.63, 3.8) is 0 Å². The van der Waals surface area contributed by atoms with Gasteiger partial charge in [0.15, 0.2) is 0 Å². The summed E-state index contributed by atoms with van der Waals surface area (Å²) in [4.78, 5) is 6.80. The fraction of sp³-hybridized carbons (Fsp3) is 0.462. The van der Waals surface area contributed by atoms with Crippen molar-refractivity contribution in [2.45, 2.75) is 6.42 Å². The van der Waals surface area contributed by atoms with Crippen LogP contribution in [0, 0.1) is 0 Å². The molecule has 1 N–H and O–H groups in total. The molecule has 0 unspecified atom stereocenters. The molecule has 96 valence electrons. The number of aromatic nitrogens is 2. The molecule has 0 aromatic carbocycles. The molecule has 18 heavy (non-hydrogen) atoms. The number of rotatable bonds is 3. The van der Waals surface area contributed by atoms with Gasteiger partial charge in [-0.3, -0.25) is 9.30 Å². The van der Waals surface area contributed by atoms with Gasteiger partial charge in [0.1, 0.15) is 11.6 Å². The Kier molecular flexibility index (Phi) is 3.17. The van der Waals surface area contributed by atoms with Crippen molar-refractivity contribution in [3.8, 4) is 5.75 Å². The average Bonchev–Trinajstić information content (AvgIpc) is 2.80. The molecule has 1 aliphatic heterocycles. The molecule has 5 heteroatoms. The minimum absolute atomic E-state index is 0.271. The number of imidazole rings is 1. The molecule has 0 amide bonds. The minimum atomic E-state index is 0.271. The van der Waals surface area contributed by atoms with Crippen molar-refractivity contribution < 1.29 is 9.84 Å². The van der Waals surface area contributed by atoms with E-state index in [1.54, 1.807) is 12.3 Å². The summed E-state index contributed by atoms with van der Waals surface area (Å²) in [6, 6.07) is 3.56. The van der Waals surface area contributed by atoms with Gasteiger partial charge in [-0.25, -0.2) is 4.98 Å². The van der Waals surface area contributed by atoms with Crippen LogP contribution in [0.5, 0.6) is 5.75 Å². The van der Waals surface area contributed by atoms with Crippen LogP contribution in [-0.4, -0.2) is 52.2 Å². The van der Waals surface area contributed by atoms with Gasteiger partial charge in [-0.2, -0.15) is 0 Å². The molecule has 1 saturated heterocycles. The van der Waals surface area contributed by atoms with Crippen molar-refractivity contribution in [2.75, 3.05) is 32.8 Å². The van der Waals surface area contributed by atoms with Gasteiger partial charge in [0.05, 0.1) is 31.1 Å². The summed E-state index contributed by atoms with van der Waals surface area (Å²) in [5.74, 6) is 1.26. The first-order chi connectivity index (χ1) is 8.83. The lowest BCUT2D eigenvalue weighted by Gasteiger charge is -2.26. The van der Waals surface area contributed by atoms with Crippen LogP contribution >= 0.6 is 0 Å². The van der Waals surface area contributed by atoms with Crippen LogP contribution in [0.25, 0.3) is 5.52 Å². The second kappa shape index (κ2) is 4.96. The standard InChI is InChI=1S/C13H17N3O2/c17-12-2-1-11-9-14-13(16(11)10-12)3-4-15-5-7-18-8-6-15/h1-2,9-10,17H,3-8H2. The van der Waals surface area contributed by atoms with Crippen molar-refractivity contribution in [2.24, 2.45) is 0 Å². The van der Waals surface area contributed by atoms with Gasteiger partial charge in [-0.05, 0) is 12.1 Å². The molecule has 5 nitrogen and oxygen atoms in total. The second-order valence-corrected chi connectivity index (χ2v) is 4.56. The van der Waals surface area contributed by atoms with E-state index in [0.717, 1.165) is 50.6 Å². The van der Waals surface area contributed by atoms with Gasteiger partial charge in [-0.15, -0.1) is 0 Å². The molecular formula is C13H17N3O2. The summed E-state index contributed by atoms with van der Waals surface area (Å²) in [7, 11) is 0. The summed E-state index contributed by atoms with van der Waals surface area (Å²) in [6.07, 6.45) is 4.45. The SMILES string of the molecule is Oc1ccc2cnc(CCN3CCOCC3)n2c1. The smallest absolute Gasteiger partial charge is 0.132 e. The summed E-state index contributed by atoms with van der Waals surface area (Å²) in [5.41, 5.74) is 1.02. The zero-order chi connectivity index (χ0) is 12.4. The van der Waals surface area contributed by atoms with Crippen LogP contribution in [0.3, 0.4) is 0 Å². The Morgan fingerprint density at radius 2 is 2.11 bits per heavy atom. The van der Waals surface area contributed by atoms with Crippen molar-refractivity contribution in [1.29, 1.82) is 0 Å². The van der Waals surface area contributed by atoms with Crippen LogP contribution in [-0.2, 0) is 11.2 Å². The number of pyridine rings is 1. The first-order valence-corrected chi connectivity index (χ1v) is 6.28.